The number of benzene rings is 2. The van der Waals surface area contributed by atoms with Crippen molar-refractivity contribution in [3.63, 3.8) is 0 Å². The second-order valence-electron chi connectivity index (χ2n) is 8.52. The summed E-state index contributed by atoms with van der Waals surface area (Å²) in [4.78, 5) is 24.6. The summed E-state index contributed by atoms with van der Waals surface area (Å²) in [5, 5.41) is 3.44. The highest BCUT2D eigenvalue weighted by molar-refractivity contribution is 6.32. The zero-order valence-electron chi connectivity index (χ0n) is 17.4. The number of hydrogen-bond acceptors (Lipinski definition) is 5. The summed E-state index contributed by atoms with van der Waals surface area (Å²) in [7, 11) is 1.51. The van der Waals surface area contributed by atoms with Crippen molar-refractivity contribution in [2.75, 3.05) is 20.3 Å². The van der Waals surface area contributed by atoms with Gasteiger partial charge in [-0.15, -0.1) is 0 Å². The van der Waals surface area contributed by atoms with E-state index in [1.165, 1.54) is 19.2 Å². The first-order valence-electron chi connectivity index (χ1n) is 10.1. The van der Waals surface area contributed by atoms with Crippen LogP contribution in [0, 0.1) is 11.2 Å². The molecule has 1 N–H and O–H groups in total. The van der Waals surface area contributed by atoms with Crippen LogP contribution in [-0.2, 0) is 9.59 Å². The van der Waals surface area contributed by atoms with Crippen molar-refractivity contribution >= 4 is 34.9 Å². The van der Waals surface area contributed by atoms with Crippen LogP contribution in [0.5, 0.6) is 17.2 Å². The summed E-state index contributed by atoms with van der Waals surface area (Å²) in [6, 6.07) is 8.99. The van der Waals surface area contributed by atoms with Crippen LogP contribution >= 0.6 is 23.2 Å². The first-order valence-corrected chi connectivity index (χ1v) is 10.8. The summed E-state index contributed by atoms with van der Waals surface area (Å²) in [6.45, 7) is -0.246. The van der Waals surface area contributed by atoms with E-state index >= 15 is 0 Å². The van der Waals surface area contributed by atoms with Gasteiger partial charge >= 0.3 is 0 Å². The first-order chi connectivity index (χ1) is 15.2. The zero-order chi connectivity index (χ0) is 22.9. The third-order valence-electron chi connectivity index (χ3n) is 5.90. The topological polar surface area (TPSA) is 73.9 Å². The SMILES string of the molecule is COc1cc(OCC(=O)CC23CC(NC(=O)COc4ccc(Cl)c(F)c4)(C2)C3)ccc1Cl. The fraction of sp³-hybridized carbons (Fsp3) is 0.391. The fourth-order valence-corrected chi connectivity index (χ4v) is 5.04. The van der Waals surface area contributed by atoms with Crippen LogP contribution in [0.3, 0.4) is 0 Å². The molecular formula is C23H22Cl2FNO5. The lowest BCUT2D eigenvalue weighted by Gasteiger charge is -2.70. The van der Waals surface area contributed by atoms with E-state index in [0.29, 0.717) is 22.9 Å². The number of Topliss-reactive ketones (excluding diaryl/α,β-unsaturated/α-hetero) is 1. The average Bonchev–Trinajstić information content (AvgIpc) is 2.71. The third kappa shape index (κ3) is 4.79. The molecule has 0 atom stereocenters. The Bertz CT molecular complexity index is 1040. The molecule has 2 aromatic rings. The molecule has 9 heteroatoms. The number of halogens is 3. The summed E-state index contributed by atoms with van der Waals surface area (Å²) in [6.07, 6.45) is 2.67. The normalized spacial score (nSPS) is 22.9. The molecule has 2 bridgehead atoms. The molecule has 1 amide bonds. The van der Waals surface area contributed by atoms with Crippen molar-refractivity contribution in [3.05, 3.63) is 52.3 Å². The average molecular weight is 482 g/mol. The molecule has 0 aliphatic heterocycles. The number of methoxy groups -OCH3 is 1. The van der Waals surface area contributed by atoms with Crippen molar-refractivity contribution < 1.29 is 28.2 Å². The smallest absolute Gasteiger partial charge is 0.258 e. The number of rotatable bonds is 10. The lowest BCUT2D eigenvalue weighted by Crippen LogP contribution is -2.75. The summed E-state index contributed by atoms with van der Waals surface area (Å²) in [5.74, 6) is 0.363. The Labute approximate surface area is 194 Å². The molecule has 3 aliphatic rings. The molecule has 0 heterocycles. The fourth-order valence-electron chi connectivity index (χ4n) is 4.73. The van der Waals surface area contributed by atoms with Gasteiger partial charge in [0.15, 0.2) is 12.4 Å². The molecule has 0 aromatic heterocycles. The minimum Gasteiger partial charge on any atom is -0.495 e. The molecule has 3 saturated carbocycles. The molecule has 2 aromatic carbocycles. The number of hydrogen-bond donors (Lipinski definition) is 1. The Morgan fingerprint density at radius 3 is 2.28 bits per heavy atom. The highest BCUT2D eigenvalue weighted by atomic mass is 35.5. The highest BCUT2D eigenvalue weighted by Gasteiger charge is 2.68. The van der Waals surface area contributed by atoms with E-state index < -0.39 is 5.82 Å². The van der Waals surface area contributed by atoms with Crippen LogP contribution in [0.4, 0.5) is 4.39 Å². The first kappa shape index (κ1) is 22.7. The quantitative estimate of drug-likeness (QED) is 0.536. The Morgan fingerprint density at radius 2 is 1.62 bits per heavy atom. The van der Waals surface area contributed by atoms with Crippen LogP contribution in [0.25, 0.3) is 0 Å². The second-order valence-corrected chi connectivity index (χ2v) is 9.34. The largest absolute Gasteiger partial charge is 0.495 e. The summed E-state index contributed by atoms with van der Waals surface area (Å²) < 4.78 is 29.5. The number of ether oxygens (including phenoxy) is 3. The van der Waals surface area contributed by atoms with Crippen molar-refractivity contribution in [2.24, 2.45) is 5.41 Å². The Morgan fingerprint density at radius 1 is 1.00 bits per heavy atom. The monoisotopic (exact) mass is 481 g/mol. The lowest BCUT2D eigenvalue weighted by atomic mass is 9.38. The maximum Gasteiger partial charge on any atom is 0.258 e. The van der Waals surface area contributed by atoms with E-state index in [-0.39, 0.29) is 46.6 Å². The standard InChI is InChI=1S/C23H22Cl2FNO5/c1-30-20-7-16(3-5-18(20)25)31-9-14(28)8-22-11-23(12-22,13-22)27-21(29)10-32-15-2-4-17(24)19(26)6-15/h2-7H,8-13H2,1H3,(H,27,29). The van der Waals surface area contributed by atoms with Crippen LogP contribution in [0.15, 0.2) is 36.4 Å². The van der Waals surface area contributed by atoms with Crippen molar-refractivity contribution in [2.45, 2.75) is 31.2 Å². The number of carbonyl (C=O) groups is 2. The minimum absolute atomic E-state index is 0.00574. The van der Waals surface area contributed by atoms with Crippen molar-refractivity contribution in [1.29, 1.82) is 0 Å². The molecule has 0 saturated heterocycles. The molecule has 32 heavy (non-hydrogen) atoms. The van der Waals surface area contributed by atoms with Gasteiger partial charge in [-0.1, -0.05) is 23.2 Å². The van der Waals surface area contributed by atoms with Crippen LogP contribution < -0.4 is 19.5 Å². The number of amides is 1. The van der Waals surface area contributed by atoms with Crippen molar-refractivity contribution in [3.8, 4) is 17.2 Å². The van der Waals surface area contributed by atoms with E-state index in [9.17, 15) is 14.0 Å². The highest BCUT2D eigenvalue weighted by Crippen LogP contribution is 2.69. The predicted molar refractivity (Wildman–Crippen MR) is 117 cm³/mol. The molecule has 0 spiro atoms. The van der Waals surface area contributed by atoms with Gasteiger partial charge < -0.3 is 19.5 Å². The molecule has 0 unspecified atom stereocenters. The van der Waals surface area contributed by atoms with E-state index in [0.717, 1.165) is 25.3 Å². The molecule has 170 valence electrons. The van der Waals surface area contributed by atoms with Crippen LogP contribution in [-0.4, -0.2) is 37.6 Å². The van der Waals surface area contributed by atoms with Gasteiger partial charge in [-0.3, -0.25) is 9.59 Å². The summed E-state index contributed by atoms with van der Waals surface area (Å²) in [5.41, 5.74) is -0.331. The maximum absolute atomic E-state index is 13.4. The van der Waals surface area contributed by atoms with Gasteiger partial charge in [0.1, 0.15) is 29.7 Å². The van der Waals surface area contributed by atoms with Gasteiger partial charge in [0.05, 0.1) is 17.2 Å². The van der Waals surface area contributed by atoms with Gasteiger partial charge in [0, 0.05) is 24.1 Å². The summed E-state index contributed by atoms with van der Waals surface area (Å²) >= 11 is 11.6. The Hall–Kier alpha value is -2.51. The Balaban J connectivity index is 1.18. The number of ketones is 1. The van der Waals surface area contributed by atoms with Crippen molar-refractivity contribution in [1.82, 2.24) is 5.32 Å². The van der Waals surface area contributed by atoms with Gasteiger partial charge in [-0.25, -0.2) is 4.39 Å². The second kappa shape index (κ2) is 8.79. The molecule has 3 fully saturated rings. The van der Waals surface area contributed by atoms with Gasteiger partial charge in [-0.2, -0.15) is 0 Å². The van der Waals surface area contributed by atoms with E-state index in [4.69, 9.17) is 37.4 Å². The predicted octanol–water partition coefficient (Wildman–Crippen LogP) is 4.60. The maximum atomic E-state index is 13.4. The molecular weight excluding hydrogens is 460 g/mol. The minimum atomic E-state index is -0.602. The zero-order valence-corrected chi connectivity index (χ0v) is 18.9. The van der Waals surface area contributed by atoms with Gasteiger partial charge in [0.2, 0.25) is 0 Å². The Kier molecular flexibility index (Phi) is 6.23. The van der Waals surface area contributed by atoms with Crippen LogP contribution in [0.1, 0.15) is 25.7 Å². The third-order valence-corrected chi connectivity index (χ3v) is 6.52. The number of carbonyl (C=O) groups excluding carboxylic acids is 2. The van der Waals surface area contributed by atoms with E-state index in [1.54, 1.807) is 18.2 Å². The van der Waals surface area contributed by atoms with Gasteiger partial charge in [-0.05, 0) is 48.9 Å². The molecule has 5 rings (SSSR count). The van der Waals surface area contributed by atoms with E-state index in [2.05, 4.69) is 5.32 Å². The molecule has 6 nitrogen and oxygen atoms in total. The molecule has 3 aliphatic carbocycles. The number of nitrogens with one attached hydrogen (secondary N) is 1. The van der Waals surface area contributed by atoms with Crippen LogP contribution in [0.2, 0.25) is 10.0 Å². The van der Waals surface area contributed by atoms with E-state index in [1.807, 2.05) is 0 Å². The lowest BCUT2D eigenvalue weighted by molar-refractivity contribution is -0.173. The molecule has 0 radical (unpaired) electrons. The van der Waals surface area contributed by atoms with Gasteiger partial charge in [0.25, 0.3) is 5.91 Å².